The summed E-state index contributed by atoms with van der Waals surface area (Å²) >= 11 is 0. The molecule has 1 N–H and O–H groups in total. The first-order chi connectivity index (χ1) is 9.15. The minimum atomic E-state index is -0.297. The summed E-state index contributed by atoms with van der Waals surface area (Å²) in [6.07, 6.45) is 6.37. The minimum Gasteiger partial charge on any atom is -0.343 e. The molecule has 1 aliphatic heterocycles. The molecule has 5 atom stereocenters. The van der Waals surface area contributed by atoms with Gasteiger partial charge >= 0.3 is 0 Å². The summed E-state index contributed by atoms with van der Waals surface area (Å²) in [6.45, 7) is 3.97. The van der Waals surface area contributed by atoms with E-state index in [-0.39, 0.29) is 23.9 Å². The number of piperazine rings is 1. The molecule has 3 rings (SSSR count). The smallest absolute Gasteiger partial charge is 0.246 e. The number of hydrogen-bond acceptors (Lipinski definition) is 2. The van der Waals surface area contributed by atoms with Gasteiger partial charge in [-0.25, -0.2) is 0 Å². The van der Waals surface area contributed by atoms with Gasteiger partial charge in [0.15, 0.2) is 0 Å². The van der Waals surface area contributed by atoms with E-state index in [1.807, 2.05) is 18.7 Å². The van der Waals surface area contributed by atoms with Crippen LogP contribution in [0, 0.1) is 11.8 Å². The minimum absolute atomic E-state index is 0.0525. The second-order valence-corrected chi connectivity index (χ2v) is 6.38. The molecule has 3 fully saturated rings. The lowest BCUT2D eigenvalue weighted by Crippen LogP contribution is -2.66. The van der Waals surface area contributed by atoms with Crippen molar-refractivity contribution in [3.05, 3.63) is 0 Å². The quantitative estimate of drug-likeness (QED) is 0.843. The maximum Gasteiger partial charge on any atom is 0.246 e. The maximum atomic E-state index is 12.6. The third kappa shape index (κ3) is 1.96. The van der Waals surface area contributed by atoms with Crippen LogP contribution < -0.4 is 5.32 Å². The molecule has 4 nitrogen and oxygen atoms in total. The van der Waals surface area contributed by atoms with E-state index < -0.39 is 0 Å². The Labute approximate surface area is 114 Å². The van der Waals surface area contributed by atoms with Crippen LogP contribution in [0.4, 0.5) is 0 Å². The molecule has 106 valence electrons. The van der Waals surface area contributed by atoms with E-state index in [1.54, 1.807) is 0 Å². The highest BCUT2D eigenvalue weighted by Gasteiger charge is 2.49. The fraction of sp³-hybridized carbons (Fsp3) is 0.867. The fourth-order valence-electron chi connectivity index (χ4n) is 4.39. The van der Waals surface area contributed by atoms with Crippen LogP contribution in [-0.4, -0.2) is 34.8 Å². The highest BCUT2D eigenvalue weighted by atomic mass is 16.2. The lowest BCUT2D eigenvalue weighted by Gasteiger charge is -2.44. The van der Waals surface area contributed by atoms with E-state index in [9.17, 15) is 9.59 Å². The number of hydrogen-bond donors (Lipinski definition) is 1. The predicted molar refractivity (Wildman–Crippen MR) is 72.4 cm³/mol. The van der Waals surface area contributed by atoms with Gasteiger partial charge in [-0.15, -0.1) is 0 Å². The van der Waals surface area contributed by atoms with Gasteiger partial charge in [-0.05, 0) is 43.9 Å². The molecule has 0 spiro atoms. The van der Waals surface area contributed by atoms with E-state index in [2.05, 4.69) is 5.32 Å². The van der Waals surface area contributed by atoms with Gasteiger partial charge in [0.25, 0.3) is 0 Å². The average Bonchev–Trinajstić information content (AvgIpc) is 3.02. The SMILES string of the molecule is CCC1NC(=O)C(CC)N(C2CC3CCC2C3)C1=O. The zero-order valence-corrected chi connectivity index (χ0v) is 11.9. The second kappa shape index (κ2) is 4.80. The summed E-state index contributed by atoms with van der Waals surface area (Å²) in [4.78, 5) is 26.8. The van der Waals surface area contributed by atoms with Crippen LogP contribution in [0.5, 0.6) is 0 Å². The van der Waals surface area contributed by atoms with Crippen molar-refractivity contribution in [2.24, 2.45) is 11.8 Å². The van der Waals surface area contributed by atoms with Gasteiger partial charge in [-0.2, -0.15) is 0 Å². The summed E-state index contributed by atoms with van der Waals surface area (Å²) < 4.78 is 0. The predicted octanol–water partition coefficient (Wildman–Crippen LogP) is 1.69. The third-order valence-electron chi connectivity index (χ3n) is 5.36. The van der Waals surface area contributed by atoms with Crippen LogP contribution in [0.1, 0.15) is 52.4 Å². The fourth-order valence-corrected chi connectivity index (χ4v) is 4.39. The third-order valence-corrected chi connectivity index (χ3v) is 5.36. The summed E-state index contributed by atoms with van der Waals surface area (Å²) in [5.74, 6) is 1.65. The molecule has 0 aromatic carbocycles. The maximum absolute atomic E-state index is 12.6. The first-order valence-electron chi connectivity index (χ1n) is 7.78. The monoisotopic (exact) mass is 264 g/mol. The van der Waals surface area contributed by atoms with Crippen LogP contribution in [-0.2, 0) is 9.59 Å². The number of rotatable bonds is 3. The highest BCUT2D eigenvalue weighted by molar-refractivity contribution is 5.97. The molecule has 2 aliphatic carbocycles. The Morgan fingerprint density at radius 2 is 1.95 bits per heavy atom. The van der Waals surface area contributed by atoms with E-state index in [4.69, 9.17) is 0 Å². The Kier molecular flexibility index (Phi) is 3.27. The van der Waals surface area contributed by atoms with Crippen molar-refractivity contribution in [3.63, 3.8) is 0 Å². The van der Waals surface area contributed by atoms with Gasteiger partial charge in [-0.3, -0.25) is 9.59 Å². The molecule has 1 heterocycles. The standard InChI is InChI=1S/C15H24N2O2/c1-3-11-15(19)17(12(4-2)14(18)16-11)13-8-9-5-6-10(13)7-9/h9-13H,3-8H2,1-2H3,(H,16,18). The molecule has 4 heteroatoms. The second-order valence-electron chi connectivity index (χ2n) is 6.38. The number of nitrogens with one attached hydrogen (secondary N) is 1. The van der Waals surface area contributed by atoms with Crippen molar-refractivity contribution in [2.75, 3.05) is 0 Å². The van der Waals surface area contributed by atoms with Crippen molar-refractivity contribution in [1.29, 1.82) is 0 Å². The molecule has 2 bridgehead atoms. The highest BCUT2D eigenvalue weighted by Crippen LogP contribution is 2.47. The Morgan fingerprint density at radius 3 is 2.47 bits per heavy atom. The van der Waals surface area contributed by atoms with Crippen LogP contribution in [0.2, 0.25) is 0 Å². The van der Waals surface area contributed by atoms with Crippen molar-refractivity contribution in [3.8, 4) is 0 Å². The number of nitrogens with zero attached hydrogens (tertiary/aromatic N) is 1. The van der Waals surface area contributed by atoms with Crippen LogP contribution in [0.25, 0.3) is 0 Å². The summed E-state index contributed by atoms with van der Waals surface area (Å²) in [5.41, 5.74) is 0. The summed E-state index contributed by atoms with van der Waals surface area (Å²) in [5, 5.41) is 2.88. The Hall–Kier alpha value is -1.06. The number of carbonyl (C=O) groups excluding carboxylic acids is 2. The van der Waals surface area contributed by atoms with E-state index in [0.29, 0.717) is 18.4 Å². The molecule has 0 aromatic heterocycles. The lowest BCUT2D eigenvalue weighted by molar-refractivity contribution is -0.153. The lowest BCUT2D eigenvalue weighted by atomic mass is 9.90. The van der Waals surface area contributed by atoms with Gasteiger partial charge in [0.05, 0.1) is 0 Å². The molecular weight excluding hydrogens is 240 g/mol. The molecule has 0 aromatic rings. The van der Waals surface area contributed by atoms with Crippen molar-refractivity contribution in [1.82, 2.24) is 10.2 Å². The molecule has 2 saturated carbocycles. The van der Waals surface area contributed by atoms with E-state index >= 15 is 0 Å². The summed E-state index contributed by atoms with van der Waals surface area (Å²) in [7, 11) is 0. The van der Waals surface area contributed by atoms with Crippen molar-refractivity contribution >= 4 is 11.8 Å². The van der Waals surface area contributed by atoms with Gasteiger partial charge in [-0.1, -0.05) is 20.3 Å². The molecule has 1 saturated heterocycles. The Bertz CT molecular complexity index is 396. The Balaban J connectivity index is 1.86. The van der Waals surface area contributed by atoms with E-state index in [0.717, 1.165) is 18.8 Å². The molecule has 0 radical (unpaired) electrons. The average molecular weight is 264 g/mol. The zero-order valence-electron chi connectivity index (χ0n) is 11.9. The molecule has 19 heavy (non-hydrogen) atoms. The van der Waals surface area contributed by atoms with Gasteiger partial charge in [0, 0.05) is 6.04 Å². The van der Waals surface area contributed by atoms with Gasteiger partial charge < -0.3 is 10.2 Å². The normalized spacial score (nSPS) is 41.8. The number of amides is 2. The molecule has 3 aliphatic rings. The Morgan fingerprint density at radius 1 is 1.16 bits per heavy atom. The van der Waals surface area contributed by atoms with Crippen molar-refractivity contribution in [2.45, 2.75) is 70.5 Å². The van der Waals surface area contributed by atoms with E-state index in [1.165, 1.54) is 19.3 Å². The first-order valence-corrected chi connectivity index (χ1v) is 7.78. The summed E-state index contributed by atoms with van der Waals surface area (Å²) in [6, 6.07) is -0.203. The van der Waals surface area contributed by atoms with Crippen molar-refractivity contribution < 1.29 is 9.59 Å². The van der Waals surface area contributed by atoms with Gasteiger partial charge in [0.2, 0.25) is 11.8 Å². The topological polar surface area (TPSA) is 49.4 Å². The number of fused-ring (bicyclic) bond motifs is 2. The van der Waals surface area contributed by atoms with Crippen LogP contribution in [0.3, 0.4) is 0 Å². The van der Waals surface area contributed by atoms with Gasteiger partial charge in [0.1, 0.15) is 12.1 Å². The number of carbonyl (C=O) groups is 2. The molecule has 2 amide bonds. The first kappa shape index (κ1) is 12.9. The molecular formula is C15H24N2O2. The zero-order chi connectivity index (χ0) is 13.6. The molecule has 5 unspecified atom stereocenters. The largest absolute Gasteiger partial charge is 0.343 e. The van der Waals surface area contributed by atoms with Crippen LogP contribution in [0.15, 0.2) is 0 Å². The van der Waals surface area contributed by atoms with Crippen LogP contribution >= 0.6 is 0 Å².